The Labute approximate surface area is 219 Å². The zero-order valence-corrected chi connectivity index (χ0v) is 24.1. The van der Waals surface area contributed by atoms with Crippen LogP contribution in [0.25, 0.3) is 0 Å². The Balaban J connectivity index is 1.57. The molecule has 4 saturated carbocycles. The lowest BCUT2D eigenvalue weighted by atomic mass is 9.33. The Bertz CT molecular complexity index is 992. The van der Waals surface area contributed by atoms with Gasteiger partial charge in [-0.15, -0.1) is 0 Å². The van der Waals surface area contributed by atoms with Crippen molar-refractivity contribution in [2.75, 3.05) is 6.61 Å². The minimum Gasteiger partial charge on any atom is -0.462 e. The average molecular weight is 499 g/mol. The van der Waals surface area contributed by atoms with E-state index in [0.29, 0.717) is 24.0 Å². The lowest BCUT2D eigenvalue weighted by Gasteiger charge is -2.71. The largest absolute Gasteiger partial charge is 0.462 e. The van der Waals surface area contributed by atoms with E-state index in [1.165, 1.54) is 12.5 Å². The van der Waals surface area contributed by atoms with Crippen LogP contribution in [0.4, 0.5) is 0 Å². The highest BCUT2D eigenvalue weighted by Gasteiger charge is 2.70. The molecule has 0 aromatic carbocycles. The number of ketones is 1. The number of ether oxygens (including phenoxy) is 1. The second-order valence-electron chi connectivity index (χ2n) is 15.6. The number of rotatable bonds is 2. The molecule has 0 heterocycles. The molecule has 5 rings (SSSR count). The molecule has 4 heteroatoms. The van der Waals surface area contributed by atoms with Gasteiger partial charge >= 0.3 is 5.97 Å². The summed E-state index contributed by atoms with van der Waals surface area (Å²) in [5.74, 6) is 1.30. The molecule has 5 aliphatic rings. The van der Waals surface area contributed by atoms with E-state index >= 15 is 0 Å². The zero-order valence-electron chi connectivity index (χ0n) is 24.1. The van der Waals surface area contributed by atoms with Crippen molar-refractivity contribution in [2.24, 2.45) is 50.2 Å². The highest BCUT2D eigenvalue weighted by molar-refractivity contribution is 5.89. The third-order valence-corrected chi connectivity index (χ3v) is 13.2. The van der Waals surface area contributed by atoms with Crippen LogP contribution in [0.3, 0.4) is 0 Å². The number of hydrogen-bond acceptors (Lipinski definition) is 4. The summed E-state index contributed by atoms with van der Waals surface area (Å²) >= 11 is 0. The van der Waals surface area contributed by atoms with Gasteiger partial charge in [0, 0.05) is 24.2 Å². The third kappa shape index (κ3) is 3.27. The molecule has 0 aliphatic heterocycles. The van der Waals surface area contributed by atoms with E-state index in [2.05, 4.69) is 54.5 Å². The van der Waals surface area contributed by atoms with Gasteiger partial charge in [-0.1, -0.05) is 60.1 Å². The van der Waals surface area contributed by atoms with Crippen molar-refractivity contribution < 1.29 is 19.4 Å². The molecule has 0 aromatic heterocycles. The first-order valence-electron chi connectivity index (χ1n) is 14.6. The highest BCUT2D eigenvalue weighted by Crippen LogP contribution is 2.75. The number of aliphatic hydroxyl groups excluding tert-OH is 1. The van der Waals surface area contributed by atoms with Gasteiger partial charge in [0.25, 0.3) is 0 Å². The summed E-state index contributed by atoms with van der Waals surface area (Å²) < 4.78 is 5.86. The first kappa shape index (κ1) is 26.4. The first-order valence-corrected chi connectivity index (χ1v) is 14.6. The van der Waals surface area contributed by atoms with Crippen molar-refractivity contribution in [1.82, 2.24) is 0 Å². The molecular weight excluding hydrogens is 448 g/mol. The van der Waals surface area contributed by atoms with Gasteiger partial charge in [0.15, 0.2) is 0 Å². The van der Waals surface area contributed by atoms with E-state index < -0.39 is 5.41 Å². The summed E-state index contributed by atoms with van der Waals surface area (Å²) in [7, 11) is 0. The molecule has 0 radical (unpaired) electrons. The summed E-state index contributed by atoms with van der Waals surface area (Å²) in [5.41, 5.74) is 1.10. The lowest BCUT2D eigenvalue weighted by Crippen LogP contribution is -2.66. The number of esters is 1. The van der Waals surface area contributed by atoms with E-state index in [1.807, 2.05) is 0 Å². The van der Waals surface area contributed by atoms with Crippen LogP contribution in [0.1, 0.15) is 113 Å². The molecule has 0 spiro atoms. The molecular formula is C32H50O4. The number of allylic oxidation sites excluding steroid dienone is 2. The minimum absolute atomic E-state index is 0.00827. The van der Waals surface area contributed by atoms with Crippen LogP contribution in [-0.4, -0.2) is 29.6 Å². The Morgan fingerprint density at radius 1 is 1.00 bits per heavy atom. The van der Waals surface area contributed by atoms with Crippen LogP contribution < -0.4 is 0 Å². The predicted molar refractivity (Wildman–Crippen MR) is 142 cm³/mol. The smallest absolute Gasteiger partial charge is 0.302 e. The molecule has 0 aromatic rings. The second kappa shape index (κ2) is 7.93. The van der Waals surface area contributed by atoms with Gasteiger partial charge in [-0.05, 0) is 85.4 Å². The zero-order chi connectivity index (χ0) is 26.5. The van der Waals surface area contributed by atoms with Gasteiger partial charge in [-0.25, -0.2) is 0 Å². The van der Waals surface area contributed by atoms with E-state index in [4.69, 9.17) is 4.74 Å². The van der Waals surface area contributed by atoms with Crippen molar-refractivity contribution in [3.8, 4) is 0 Å². The molecule has 4 fully saturated rings. The number of Topliss-reactive ketones (excluding diaryl/α,β-unsaturated/α-hetero) is 1. The van der Waals surface area contributed by atoms with E-state index in [0.717, 1.165) is 51.4 Å². The molecule has 0 saturated heterocycles. The molecule has 8 atom stereocenters. The highest BCUT2D eigenvalue weighted by atomic mass is 16.5. The maximum Gasteiger partial charge on any atom is 0.302 e. The van der Waals surface area contributed by atoms with Gasteiger partial charge in [0.05, 0.1) is 12.0 Å². The third-order valence-electron chi connectivity index (χ3n) is 13.2. The second-order valence-corrected chi connectivity index (χ2v) is 15.6. The van der Waals surface area contributed by atoms with Crippen molar-refractivity contribution in [3.05, 3.63) is 11.6 Å². The molecule has 0 unspecified atom stereocenters. The summed E-state index contributed by atoms with van der Waals surface area (Å²) in [6, 6.07) is 0. The van der Waals surface area contributed by atoms with E-state index in [-0.39, 0.29) is 51.7 Å². The lowest BCUT2D eigenvalue weighted by molar-refractivity contribution is -0.212. The van der Waals surface area contributed by atoms with Gasteiger partial charge in [-0.2, -0.15) is 0 Å². The molecule has 0 bridgehead atoms. The van der Waals surface area contributed by atoms with Crippen LogP contribution >= 0.6 is 0 Å². The standard InChI is InChI=1S/C32H50O4/c1-20(34)36-26-12-13-29(6)23(28(26,4)5)11-14-30(7)24(29)10-9-21-22-17-27(2,3)15-16-32(22,19-33)25(35)18-31(21,30)8/h9,22-24,26,33H,10-19H2,1-8H3/t22-,23-,24+,26-,29-,30+,31+,32+/m0/s1. The minimum atomic E-state index is -0.574. The number of fused-ring (bicyclic) bond motifs is 7. The first-order chi connectivity index (χ1) is 16.6. The van der Waals surface area contributed by atoms with Crippen LogP contribution in [0.5, 0.6) is 0 Å². The van der Waals surface area contributed by atoms with Crippen molar-refractivity contribution in [1.29, 1.82) is 0 Å². The summed E-state index contributed by atoms with van der Waals surface area (Å²) in [4.78, 5) is 25.9. The number of carbonyl (C=O) groups is 2. The SMILES string of the molecule is CC(=O)O[C@H]1CC[C@]2(C)[C@H]3CC=C4[C@@H]5CC(C)(C)CC[C@]5(CO)C(=O)C[C@@]4(C)[C@]3(C)CC[C@H]2C1(C)C. The number of carbonyl (C=O) groups excluding carboxylic acids is 2. The molecule has 4 nitrogen and oxygen atoms in total. The molecule has 36 heavy (non-hydrogen) atoms. The van der Waals surface area contributed by atoms with Crippen molar-refractivity contribution in [3.63, 3.8) is 0 Å². The fraction of sp³-hybridized carbons (Fsp3) is 0.875. The number of aliphatic hydroxyl groups is 1. The van der Waals surface area contributed by atoms with Gasteiger partial charge < -0.3 is 9.84 Å². The van der Waals surface area contributed by atoms with E-state index in [9.17, 15) is 14.7 Å². The van der Waals surface area contributed by atoms with Crippen LogP contribution in [0.2, 0.25) is 0 Å². The fourth-order valence-corrected chi connectivity index (χ4v) is 10.9. The summed E-state index contributed by atoms with van der Waals surface area (Å²) in [6.07, 6.45) is 11.2. The Morgan fingerprint density at radius 2 is 1.69 bits per heavy atom. The van der Waals surface area contributed by atoms with Crippen LogP contribution in [0.15, 0.2) is 11.6 Å². The normalized spacial score (nSPS) is 49.0. The average Bonchev–Trinajstić information content (AvgIpc) is 2.76. The van der Waals surface area contributed by atoms with E-state index in [1.54, 1.807) is 0 Å². The maximum atomic E-state index is 14.0. The van der Waals surface area contributed by atoms with Crippen molar-refractivity contribution >= 4 is 11.8 Å². The monoisotopic (exact) mass is 498 g/mol. The quantitative estimate of drug-likeness (QED) is 0.332. The van der Waals surface area contributed by atoms with Gasteiger partial charge in [0.2, 0.25) is 0 Å². The maximum absolute atomic E-state index is 14.0. The van der Waals surface area contributed by atoms with Gasteiger partial charge in [-0.3, -0.25) is 9.59 Å². The Hall–Kier alpha value is -1.16. The summed E-state index contributed by atoms with van der Waals surface area (Å²) in [6.45, 7) is 18.3. The Kier molecular flexibility index (Phi) is 5.83. The molecule has 202 valence electrons. The summed E-state index contributed by atoms with van der Waals surface area (Å²) in [5, 5.41) is 10.6. The van der Waals surface area contributed by atoms with Crippen molar-refractivity contribution in [2.45, 2.75) is 119 Å². The number of hydrogen-bond donors (Lipinski definition) is 1. The fourth-order valence-electron chi connectivity index (χ4n) is 10.9. The van der Waals surface area contributed by atoms with Crippen LogP contribution in [-0.2, 0) is 14.3 Å². The predicted octanol–water partition coefficient (Wildman–Crippen LogP) is 6.89. The van der Waals surface area contributed by atoms with Crippen LogP contribution in [0, 0.1) is 50.2 Å². The molecule has 1 N–H and O–H groups in total. The molecule has 5 aliphatic carbocycles. The molecule has 0 amide bonds. The Morgan fingerprint density at radius 3 is 2.33 bits per heavy atom. The van der Waals surface area contributed by atoms with Gasteiger partial charge in [0.1, 0.15) is 11.9 Å². The topological polar surface area (TPSA) is 63.6 Å².